The van der Waals surface area contributed by atoms with Gasteiger partial charge in [-0.05, 0) is 25.3 Å². The van der Waals surface area contributed by atoms with Crippen LogP contribution in [0.5, 0.6) is 0 Å². The highest BCUT2D eigenvalue weighted by molar-refractivity contribution is 5.21. The van der Waals surface area contributed by atoms with Crippen molar-refractivity contribution in [1.82, 2.24) is 0 Å². The first kappa shape index (κ1) is 12.5. The van der Waals surface area contributed by atoms with Crippen LogP contribution in [0.3, 0.4) is 0 Å². The van der Waals surface area contributed by atoms with Gasteiger partial charge in [0.2, 0.25) is 0 Å². The SMILES string of the molecule is COC1(CC(O)c2ccc(F)cc2F)CCC1. The van der Waals surface area contributed by atoms with Gasteiger partial charge < -0.3 is 9.84 Å². The maximum absolute atomic E-state index is 13.5. The number of ether oxygens (including phenoxy) is 1. The second-order valence-electron chi connectivity index (χ2n) is 4.63. The fourth-order valence-corrected chi connectivity index (χ4v) is 2.30. The molecule has 0 bridgehead atoms. The highest BCUT2D eigenvalue weighted by Gasteiger charge is 2.39. The van der Waals surface area contributed by atoms with E-state index in [1.54, 1.807) is 7.11 Å². The molecule has 0 amide bonds. The Hall–Kier alpha value is -1.00. The van der Waals surface area contributed by atoms with Crippen LogP contribution in [0.1, 0.15) is 37.4 Å². The summed E-state index contributed by atoms with van der Waals surface area (Å²) in [6.45, 7) is 0. The van der Waals surface area contributed by atoms with Crippen LogP contribution in [-0.4, -0.2) is 17.8 Å². The van der Waals surface area contributed by atoms with Crippen molar-refractivity contribution in [3.05, 3.63) is 35.4 Å². The molecule has 2 rings (SSSR count). The van der Waals surface area contributed by atoms with E-state index in [4.69, 9.17) is 4.74 Å². The number of hydrogen-bond donors (Lipinski definition) is 1. The van der Waals surface area contributed by atoms with Gasteiger partial charge in [0.15, 0.2) is 0 Å². The molecule has 1 fully saturated rings. The maximum atomic E-state index is 13.5. The molecule has 1 atom stereocenters. The Morgan fingerprint density at radius 1 is 1.41 bits per heavy atom. The van der Waals surface area contributed by atoms with Gasteiger partial charge in [0.05, 0.1) is 11.7 Å². The molecular weight excluding hydrogens is 226 g/mol. The molecule has 17 heavy (non-hydrogen) atoms. The van der Waals surface area contributed by atoms with Gasteiger partial charge in [-0.3, -0.25) is 0 Å². The van der Waals surface area contributed by atoms with Crippen LogP contribution in [0.2, 0.25) is 0 Å². The van der Waals surface area contributed by atoms with Gasteiger partial charge in [-0.15, -0.1) is 0 Å². The molecule has 1 N–H and O–H groups in total. The van der Waals surface area contributed by atoms with E-state index in [0.29, 0.717) is 6.42 Å². The molecule has 1 aromatic carbocycles. The Labute approximate surface area is 99.2 Å². The zero-order chi connectivity index (χ0) is 12.5. The van der Waals surface area contributed by atoms with Crippen molar-refractivity contribution >= 4 is 0 Å². The summed E-state index contributed by atoms with van der Waals surface area (Å²) in [5, 5.41) is 9.98. The molecule has 0 spiro atoms. The van der Waals surface area contributed by atoms with Crippen molar-refractivity contribution < 1.29 is 18.6 Å². The predicted octanol–water partition coefficient (Wildman–Crippen LogP) is 2.96. The summed E-state index contributed by atoms with van der Waals surface area (Å²) in [6.07, 6.45) is 2.22. The number of aliphatic hydroxyl groups is 1. The lowest BCUT2D eigenvalue weighted by molar-refractivity contribution is -0.100. The summed E-state index contributed by atoms with van der Waals surface area (Å²) in [5.74, 6) is -1.34. The second-order valence-corrected chi connectivity index (χ2v) is 4.63. The minimum atomic E-state index is -0.948. The summed E-state index contributed by atoms with van der Waals surface area (Å²) >= 11 is 0. The molecule has 1 aliphatic rings. The van der Waals surface area contributed by atoms with Gasteiger partial charge in [-0.2, -0.15) is 0 Å². The summed E-state index contributed by atoms with van der Waals surface area (Å²) in [7, 11) is 1.60. The van der Waals surface area contributed by atoms with Crippen molar-refractivity contribution in [1.29, 1.82) is 0 Å². The molecule has 0 aliphatic heterocycles. The van der Waals surface area contributed by atoms with Gasteiger partial charge in [0.25, 0.3) is 0 Å². The van der Waals surface area contributed by atoms with Crippen LogP contribution < -0.4 is 0 Å². The van der Waals surface area contributed by atoms with Gasteiger partial charge >= 0.3 is 0 Å². The molecule has 0 radical (unpaired) electrons. The van der Waals surface area contributed by atoms with Crippen LogP contribution in [-0.2, 0) is 4.74 Å². The molecule has 2 nitrogen and oxygen atoms in total. The molecule has 1 aliphatic carbocycles. The molecule has 1 saturated carbocycles. The highest BCUT2D eigenvalue weighted by Crippen LogP contribution is 2.42. The number of rotatable bonds is 4. The van der Waals surface area contributed by atoms with Crippen LogP contribution in [0.25, 0.3) is 0 Å². The van der Waals surface area contributed by atoms with Crippen molar-refractivity contribution in [3.8, 4) is 0 Å². The van der Waals surface area contributed by atoms with E-state index < -0.39 is 17.7 Å². The third kappa shape index (κ3) is 2.48. The Morgan fingerprint density at radius 2 is 2.12 bits per heavy atom. The zero-order valence-electron chi connectivity index (χ0n) is 9.75. The summed E-state index contributed by atoms with van der Waals surface area (Å²) in [5.41, 5.74) is -0.199. The predicted molar refractivity (Wildman–Crippen MR) is 59.5 cm³/mol. The average molecular weight is 242 g/mol. The number of hydrogen-bond acceptors (Lipinski definition) is 2. The van der Waals surface area contributed by atoms with Crippen LogP contribution in [0, 0.1) is 11.6 Å². The molecule has 0 saturated heterocycles. The van der Waals surface area contributed by atoms with Crippen molar-refractivity contribution in [3.63, 3.8) is 0 Å². The Kier molecular flexibility index (Phi) is 3.45. The third-order valence-corrected chi connectivity index (χ3v) is 3.58. The zero-order valence-corrected chi connectivity index (χ0v) is 9.75. The fourth-order valence-electron chi connectivity index (χ4n) is 2.30. The molecule has 4 heteroatoms. The first-order valence-corrected chi connectivity index (χ1v) is 5.74. The van der Waals surface area contributed by atoms with Gasteiger partial charge in [-0.25, -0.2) is 8.78 Å². The molecule has 1 unspecified atom stereocenters. The Morgan fingerprint density at radius 3 is 2.59 bits per heavy atom. The van der Waals surface area contributed by atoms with Gasteiger partial charge in [0, 0.05) is 25.2 Å². The quantitative estimate of drug-likeness (QED) is 0.879. The summed E-state index contributed by atoms with van der Waals surface area (Å²) in [6, 6.07) is 3.23. The molecule has 94 valence electrons. The van der Waals surface area contributed by atoms with E-state index in [1.807, 2.05) is 0 Å². The minimum Gasteiger partial charge on any atom is -0.388 e. The molecule has 1 aromatic rings. The fraction of sp³-hybridized carbons (Fsp3) is 0.538. The van der Waals surface area contributed by atoms with E-state index in [2.05, 4.69) is 0 Å². The van der Waals surface area contributed by atoms with Crippen LogP contribution in [0.4, 0.5) is 8.78 Å². The average Bonchev–Trinajstić information content (AvgIpc) is 2.23. The number of aliphatic hydroxyl groups excluding tert-OH is 1. The highest BCUT2D eigenvalue weighted by atomic mass is 19.1. The normalized spacial score (nSPS) is 19.8. The number of halogens is 2. The summed E-state index contributed by atoms with van der Waals surface area (Å²) in [4.78, 5) is 0. The van der Waals surface area contributed by atoms with Crippen molar-refractivity contribution in [2.75, 3.05) is 7.11 Å². The first-order valence-electron chi connectivity index (χ1n) is 5.74. The minimum absolute atomic E-state index is 0.134. The first-order chi connectivity index (χ1) is 8.06. The Bertz CT molecular complexity index is 397. The number of methoxy groups -OCH3 is 1. The number of benzene rings is 1. The van der Waals surface area contributed by atoms with Gasteiger partial charge in [-0.1, -0.05) is 6.07 Å². The van der Waals surface area contributed by atoms with Gasteiger partial charge in [0.1, 0.15) is 11.6 Å². The molecule has 0 heterocycles. The van der Waals surface area contributed by atoms with Crippen molar-refractivity contribution in [2.45, 2.75) is 37.4 Å². The largest absolute Gasteiger partial charge is 0.388 e. The second kappa shape index (κ2) is 4.70. The molecular formula is C13H16F2O2. The molecule has 0 aromatic heterocycles. The monoisotopic (exact) mass is 242 g/mol. The lowest BCUT2D eigenvalue weighted by Gasteiger charge is -2.41. The van der Waals surface area contributed by atoms with E-state index in [1.165, 1.54) is 6.07 Å². The summed E-state index contributed by atoms with van der Waals surface area (Å²) < 4.78 is 31.6. The van der Waals surface area contributed by atoms with E-state index in [0.717, 1.165) is 31.4 Å². The van der Waals surface area contributed by atoms with E-state index in [-0.39, 0.29) is 11.2 Å². The van der Waals surface area contributed by atoms with Crippen molar-refractivity contribution in [2.24, 2.45) is 0 Å². The topological polar surface area (TPSA) is 29.5 Å². The maximum Gasteiger partial charge on any atom is 0.131 e. The standard InChI is InChI=1S/C13H16F2O2/c1-17-13(5-2-6-13)8-12(16)10-4-3-9(14)7-11(10)15/h3-4,7,12,16H,2,5-6,8H2,1H3. The van der Waals surface area contributed by atoms with E-state index in [9.17, 15) is 13.9 Å². The van der Waals surface area contributed by atoms with Crippen LogP contribution >= 0.6 is 0 Å². The van der Waals surface area contributed by atoms with E-state index >= 15 is 0 Å². The third-order valence-electron chi connectivity index (χ3n) is 3.58. The lowest BCUT2D eigenvalue weighted by Crippen LogP contribution is -2.40. The smallest absolute Gasteiger partial charge is 0.131 e. The Balaban J connectivity index is 2.11. The lowest BCUT2D eigenvalue weighted by atomic mass is 9.75. The van der Waals surface area contributed by atoms with Crippen LogP contribution in [0.15, 0.2) is 18.2 Å².